The molecule has 1 aliphatic rings. The molecule has 1 N–H and O–H groups in total. The van der Waals surface area contributed by atoms with Crippen LogP contribution in [0.25, 0.3) is 0 Å². The molecule has 152 valence electrons. The number of piperazine rings is 1. The first-order valence-electron chi connectivity index (χ1n) is 8.27. The SMILES string of the molecule is Cl.Cl.N#Cc1cccc([C@@H](c2ccc(OC(F)(F)F)cc2)N2CCNCC2)c1. The molecule has 28 heavy (non-hydrogen) atoms. The van der Waals surface area contributed by atoms with Crippen LogP contribution in [0.3, 0.4) is 0 Å². The van der Waals surface area contributed by atoms with Crippen LogP contribution < -0.4 is 10.1 Å². The standard InChI is InChI=1S/C19H18F3N3O.2ClH/c20-19(21,22)26-17-6-4-15(5-7-17)18(25-10-8-24-9-11-25)16-3-1-2-14(12-16)13-23;;/h1-7,12,18,24H,8-11H2;2*1H/t18-;;/m1../s1. The van der Waals surface area contributed by atoms with Gasteiger partial charge in [0.2, 0.25) is 0 Å². The number of benzene rings is 2. The first-order chi connectivity index (χ1) is 12.5. The number of nitrogens with one attached hydrogen (secondary N) is 1. The number of halogens is 5. The molecular formula is C19H20Cl2F3N3O. The molecule has 1 aliphatic heterocycles. The van der Waals surface area contributed by atoms with E-state index < -0.39 is 6.36 Å². The number of ether oxygens (including phenoxy) is 1. The minimum atomic E-state index is -4.71. The molecule has 1 heterocycles. The van der Waals surface area contributed by atoms with E-state index in [1.165, 1.54) is 12.1 Å². The Morgan fingerprint density at radius 3 is 2.21 bits per heavy atom. The molecule has 0 bridgehead atoms. The molecule has 0 aliphatic carbocycles. The zero-order valence-corrected chi connectivity index (χ0v) is 16.4. The van der Waals surface area contributed by atoms with E-state index >= 15 is 0 Å². The quantitative estimate of drug-likeness (QED) is 0.780. The Kier molecular flexibility index (Phi) is 9.05. The highest BCUT2D eigenvalue weighted by Gasteiger charge is 2.31. The molecule has 0 aromatic heterocycles. The fourth-order valence-electron chi connectivity index (χ4n) is 3.18. The molecule has 9 heteroatoms. The number of rotatable bonds is 4. The molecule has 2 aromatic rings. The molecule has 0 amide bonds. The third kappa shape index (κ3) is 6.28. The number of nitrogens with zero attached hydrogens (tertiary/aromatic N) is 2. The molecule has 4 nitrogen and oxygen atoms in total. The number of nitriles is 1. The van der Waals surface area contributed by atoms with E-state index in [9.17, 15) is 18.4 Å². The summed E-state index contributed by atoms with van der Waals surface area (Å²) in [6.07, 6.45) is -4.71. The van der Waals surface area contributed by atoms with Crippen LogP contribution in [0.1, 0.15) is 22.7 Å². The number of hydrogen-bond acceptors (Lipinski definition) is 4. The Bertz CT molecular complexity index is 788. The van der Waals surface area contributed by atoms with Gasteiger partial charge in [0.05, 0.1) is 17.7 Å². The van der Waals surface area contributed by atoms with Crippen LogP contribution in [0.5, 0.6) is 5.75 Å². The highest BCUT2D eigenvalue weighted by Crippen LogP contribution is 2.31. The van der Waals surface area contributed by atoms with Gasteiger partial charge in [-0.2, -0.15) is 5.26 Å². The van der Waals surface area contributed by atoms with E-state index in [0.717, 1.165) is 37.3 Å². The van der Waals surface area contributed by atoms with Crippen molar-refractivity contribution >= 4 is 24.8 Å². The summed E-state index contributed by atoms with van der Waals surface area (Å²) < 4.78 is 41.1. The first-order valence-corrected chi connectivity index (χ1v) is 8.27. The molecule has 3 rings (SSSR count). The molecule has 0 unspecified atom stereocenters. The summed E-state index contributed by atoms with van der Waals surface area (Å²) in [5.41, 5.74) is 2.35. The summed E-state index contributed by atoms with van der Waals surface area (Å²) in [6, 6.07) is 15.3. The second kappa shape index (κ2) is 10.5. The smallest absolute Gasteiger partial charge is 0.406 e. The molecule has 1 atom stereocenters. The van der Waals surface area contributed by atoms with Gasteiger partial charge in [0.15, 0.2) is 0 Å². The molecule has 2 aromatic carbocycles. The zero-order chi connectivity index (χ0) is 18.6. The average molecular weight is 434 g/mol. The van der Waals surface area contributed by atoms with Gasteiger partial charge >= 0.3 is 6.36 Å². The highest BCUT2D eigenvalue weighted by molar-refractivity contribution is 5.85. The van der Waals surface area contributed by atoms with Gasteiger partial charge in [-0.15, -0.1) is 38.0 Å². The Balaban J connectivity index is 0.00000196. The van der Waals surface area contributed by atoms with Crippen molar-refractivity contribution in [3.8, 4) is 11.8 Å². The van der Waals surface area contributed by atoms with E-state index in [1.807, 2.05) is 18.2 Å². The van der Waals surface area contributed by atoms with Crippen molar-refractivity contribution in [2.75, 3.05) is 26.2 Å². The lowest BCUT2D eigenvalue weighted by atomic mass is 9.95. The lowest BCUT2D eigenvalue weighted by molar-refractivity contribution is -0.274. The Hall–Kier alpha value is -1.98. The fraction of sp³-hybridized carbons (Fsp3) is 0.316. The van der Waals surface area contributed by atoms with E-state index in [4.69, 9.17) is 0 Å². The Labute approximate surface area is 174 Å². The fourth-order valence-corrected chi connectivity index (χ4v) is 3.18. The predicted octanol–water partition coefficient (Wildman–Crippen LogP) is 4.30. The maximum Gasteiger partial charge on any atom is 0.573 e. The van der Waals surface area contributed by atoms with Crippen LogP contribution in [-0.2, 0) is 0 Å². The summed E-state index contributed by atoms with van der Waals surface area (Å²) >= 11 is 0. The average Bonchev–Trinajstić information content (AvgIpc) is 2.63. The van der Waals surface area contributed by atoms with Gasteiger partial charge in [0.25, 0.3) is 0 Å². The second-order valence-corrected chi connectivity index (χ2v) is 6.04. The number of hydrogen-bond donors (Lipinski definition) is 1. The largest absolute Gasteiger partial charge is 0.573 e. The van der Waals surface area contributed by atoms with Gasteiger partial charge in [0.1, 0.15) is 5.75 Å². The Morgan fingerprint density at radius 2 is 1.64 bits per heavy atom. The molecule has 0 saturated carbocycles. The number of alkyl halides is 3. The van der Waals surface area contributed by atoms with E-state index in [0.29, 0.717) is 5.56 Å². The van der Waals surface area contributed by atoms with Crippen molar-refractivity contribution in [1.29, 1.82) is 5.26 Å². The third-order valence-electron chi connectivity index (χ3n) is 4.28. The molecule has 0 spiro atoms. The highest BCUT2D eigenvalue weighted by atomic mass is 35.5. The van der Waals surface area contributed by atoms with Crippen LogP contribution in [0.4, 0.5) is 13.2 Å². The summed E-state index contributed by atoms with van der Waals surface area (Å²) in [5.74, 6) is -0.244. The Morgan fingerprint density at radius 1 is 1.00 bits per heavy atom. The van der Waals surface area contributed by atoms with Gasteiger partial charge in [-0.25, -0.2) is 0 Å². The van der Waals surface area contributed by atoms with Crippen LogP contribution in [-0.4, -0.2) is 37.4 Å². The lowest BCUT2D eigenvalue weighted by Crippen LogP contribution is -2.45. The first kappa shape index (κ1) is 24.1. The van der Waals surface area contributed by atoms with E-state index in [1.54, 1.807) is 18.2 Å². The van der Waals surface area contributed by atoms with Crippen LogP contribution in [0.15, 0.2) is 48.5 Å². The van der Waals surface area contributed by atoms with Crippen LogP contribution in [0, 0.1) is 11.3 Å². The predicted molar refractivity (Wildman–Crippen MR) is 105 cm³/mol. The van der Waals surface area contributed by atoms with E-state index in [2.05, 4.69) is 21.0 Å². The van der Waals surface area contributed by atoms with Gasteiger partial charge in [-0.05, 0) is 35.4 Å². The van der Waals surface area contributed by atoms with Crippen LogP contribution >= 0.6 is 24.8 Å². The maximum absolute atomic E-state index is 12.4. The maximum atomic E-state index is 12.4. The minimum absolute atomic E-state index is 0. The summed E-state index contributed by atoms with van der Waals surface area (Å²) in [4.78, 5) is 2.26. The van der Waals surface area contributed by atoms with Gasteiger partial charge < -0.3 is 10.1 Å². The van der Waals surface area contributed by atoms with E-state index in [-0.39, 0.29) is 36.6 Å². The lowest BCUT2D eigenvalue weighted by Gasteiger charge is -2.35. The van der Waals surface area contributed by atoms with Crippen LogP contribution in [0.2, 0.25) is 0 Å². The monoisotopic (exact) mass is 433 g/mol. The van der Waals surface area contributed by atoms with Gasteiger partial charge in [-0.1, -0.05) is 24.3 Å². The second-order valence-electron chi connectivity index (χ2n) is 6.04. The molecule has 1 saturated heterocycles. The molecular weight excluding hydrogens is 414 g/mol. The molecule has 0 radical (unpaired) electrons. The topological polar surface area (TPSA) is 48.3 Å². The van der Waals surface area contributed by atoms with Crippen molar-refractivity contribution in [2.45, 2.75) is 12.4 Å². The normalized spacial score (nSPS) is 15.5. The van der Waals surface area contributed by atoms with Gasteiger partial charge in [-0.3, -0.25) is 4.90 Å². The summed E-state index contributed by atoms with van der Waals surface area (Å²) in [6.45, 7) is 3.29. The molecule has 1 fully saturated rings. The van der Waals surface area contributed by atoms with Gasteiger partial charge in [0, 0.05) is 26.2 Å². The summed E-state index contributed by atoms with van der Waals surface area (Å²) in [7, 11) is 0. The summed E-state index contributed by atoms with van der Waals surface area (Å²) in [5, 5.41) is 12.5. The van der Waals surface area contributed by atoms with Crippen molar-refractivity contribution in [3.05, 3.63) is 65.2 Å². The zero-order valence-electron chi connectivity index (χ0n) is 14.8. The van der Waals surface area contributed by atoms with Crippen molar-refractivity contribution in [3.63, 3.8) is 0 Å². The van der Waals surface area contributed by atoms with Crippen molar-refractivity contribution in [1.82, 2.24) is 10.2 Å². The van der Waals surface area contributed by atoms with Crippen molar-refractivity contribution in [2.24, 2.45) is 0 Å². The van der Waals surface area contributed by atoms with Crippen molar-refractivity contribution < 1.29 is 17.9 Å². The third-order valence-corrected chi connectivity index (χ3v) is 4.28. The minimum Gasteiger partial charge on any atom is -0.406 e.